The van der Waals surface area contributed by atoms with Gasteiger partial charge in [-0.15, -0.1) is 21.9 Å². The molecule has 0 spiro atoms. The van der Waals surface area contributed by atoms with Crippen LogP contribution in [0.1, 0.15) is 52.4 Å². The topological polar surface area (TPSA) is 4.44 Å². The first kappa shape index (κ1) is 46.2. The van der Waals surface area contributed by atoms with Crippen LogP contribution in [0.5, 0.6) is 0 Å². The minimum absolute atomic E-state index is 1.07. The van der Waals surface area contributed by atoms with Gasteiger partial charge in [-0.25, -0.2) is 87.8 Å². The maximum Gasteiger partial charge on any atom is 0.200 e. The summed E-state index contributed by atoms with van der Waals surface area (Å²) in [6.07, 6.45) is 1.79. The maximum absolute atomic E-state index is 15.4. The summed E-state index contributed by atoms with van der Waals surface area (Å²) in [6.45, 7) is 8.64. The number of nitrogens with one attached hydrogen (secondary N) is 1. The van der Waals surface area contributed by atoms with Crippen LogP contribution in [0.25, 0.3) is 0 Å². The molecule has 1 saturated carbocycles. The Morgan fingerprint density at radius 2 is 0.552 bits per heavy atom. The molecule has 0 unspecified atom stereocenters. The van der Waals surface area contributed by atoms with Crippen molar-refractivity contribution in [2.75, 3.05) is 19.6 Å². The van der Waals surface area contributed by atoms with Crippen LogP contribution in [0.15, 0.2) is 0 Å². The van der Waals surface area contributed by atoms with E-state index in [1.165, 1.54) is 58.2 Å². The average molecular weight is 863 g/mol. The van der Waals surface area contributed by atoms with Gasteiger partial charge in [-0.2, -0.15) is 0 Å². The Balaban J connectivity index is 0.000000486. The molecular weight excluding hydrogens is 837 g/mol. The van der Waals surface area contributed by atoms with Gasteiger partial charge in [-0.05, 0) is 26.2 Å². The molecule has 0 radical (unpaired) electrons. The van der Waals surface area contributed by atoms with E-state index in [4.69, 9.17) is 0 Å². The number of hydrogen-bond donors (Lipinski definition) is 1. The lowest BCUT2D eigenvalue weighted by Crippen LogP contribution is -3.11. The summed E-state index contributed by atoms with van der Waals surface area (Å²) in [7, 11) is 0. The minimum atomic E-state index is -7.22. The summed E-state index contributed by atoms with van der Waals surface area (Å²) in [5.74, 6) is -70.3. The lowest BCUT2D eigenvalue weighted by molar-refractivity contribution is -0.897. The van der Waals surface area contributed by atoms with E-state index in [0.29, 0.717) is 0 Å². The van der Waals surface area contributed by atoms with E-state index in [0.717, 1.165) is 5.92 Å². The van der Waals surface area contributed by atoms with E-state index in [1.807, 2.05) is 0 Å². The van der Waals surface area contributed by atoms with Crippen LogP contribution in [-0.4, -0.2) is 25.8 Å². The van der Waals surface area contributed by atoms with Crippen LogP contribution in [0.3, 0.4) is 0 Å². The molecule has 0 heterocycles. The van der Waals surface area contributed by atoms with Gasteiger partial charge in [-0.3, -0.25) is 0 Å². The molecule has 5 rings (SSSR count). The zero-order valence-electron chi connectivity index (χ0n) is 29.6. The van der Waals surface area contributed by atoms with Gasteiger partial charge in [0.1, 0.15) is 52.7 Å². The highest BCUT2D eigenvalue weighted by molar-refractivity contribution is 7.20. The highest BCUT2D eigenvalue weighted by atomic mass is 19.2. The molecular formula is C36H26BF20N. The van der Waals surface area contributed by atoms with Crippen molar-refractivity contribution in [2.45, 2.75) is 52.4 Å². The summed E-state index contributed by atoms with van der Waals surface area (Å²) in [5, 5.41) is 0. The third kappa shape index (κ3) is 7.48. The first-order chi connectivity index (χ1) is 27.1. The molecule has 1 fully saturated rings. The fraction of sp³-hybridized carbons (Fsp3) is 0.333. The third-order valence-electron chi connectivity index (χ3n) is 10.3. The predicted octanol–water partition coefficient (Wildman–Crippen LogP) is 7.73. The smallest absolute Gasteiger partial charge is 0.200 e. The summed E-state index contributed by atoms with van der Waals surface area (Å²) < 4.78 is 294. The van der Waals surface area contributed by atoms with Crippen molar-refractivity contribution >= 4 is 28.0 Å². The van der Waals surface area contributed by atoms with Crippen molar-refractivity contribution in [1.82, 2.24) is 0 Å². The van der Waals surface area contributed by atoms with Crippen molar-refractivity contribution in [1.29, 1.82) is 0 Å². The van der Waals surface area contributed by atoms with Gasteiger partial charge in [0.05, 0.1) is 19.6 Å². The molecule has 0 atom stereocenters. The van der Waals surface area contributed by atoms with Gasteiger partial charge in [0.2, 0.25) is 0 Å². The van der Waals surface area contributed by atoms with Crippen molar-refractivity contribution in [3.8, 4) is 0 Å². The molecule has 0 aliphatic heterocycles. The second kappa shape index (κ2) is 17.8. The van der Waals surface area contributed by atoms with Crippen LogP contribution >= 0.6 is 0 Å². The zero-order valence-corrected chi connectivity index (χ0v) is 29.6. The molecule has 318 valence electrons. The first-order valence-corrected chi connectivity index (χ1v) is 17.1. The van der Waals surface area contributed by atoms with E-state index in [1.54, 1.807) is 4.90 Å². The van der Waals surface area contributed by atoms with E-state index >= 15 is 35.1 Å². The normalized spacial score (nSPS) is 13.7. The Bertz CT molecular complexity index is 1840. The lowest BCUT2D eigenvalue weighted by atomic mass is 9.12. The van der Waals surface area contributed by atoms with E-state index < -0.39 is 144 Å². The molecule has 58 heavy (non-hydrogen) atoms. The Labute approximate surface area is 315 Å². The van der Waals surface area contributed by atoms with Gasteiger partial charge in [-0.1, -0.05) is 32.1 Å². The summed E-state index contributed by atoms with van der Waals surface area (Å²) in [4.78, 5) is 1.78. The van der Waals surface area contributed by atoms with Crippen LogP contribution in [0.2, 0.25) is 0 Å². The Kier molecular flexibility index (Phi) is 14.2. The van der Waals surface area contributed by atoms with E-state index in [9.17, 15) is 52.7 Å². The molecule has 0 aromatic heterocycles. The molecule has 22 heteroatoms. The Hall–Kier alpha value is -4.50. The van der Waals surface area contributed by atoms with Crippen LogP contribution < -0.4 is 26.8 Å². The monoisotopic (exact) mass is 863 g/mol. The van der Waals surface area contributed by atoms with Crippen molar-refractivity contribution in [3.05, 3.63) is 116 Å². The van der Waals surface area contributed by atoms with Crippen molar-refractivity contribution < 1.29 is 92.7 Å². The highest BCUT2D eigenvalue weighted by Crippen LogP contribution is 2.31. The average Bonchev–Trinajstić information content (AvgIpc) is 3.21. The highest BCUT2D eigenvalue weighted by Gasteiger charge is 2.52. The molecule has 4 aromatic rings. The summed E-state index contributed by atoms with van der Waals surface area (Å²) >= 11 is 0. The van der Waals surface area contributed by atoms with Gasteiger partial charge >= 0.3 is 0 Å². The molecule has 1 N–H and O–H groups in total. The lowest BCUT2D eigenvalue weighted by Gasteiger charge is -2.44. The SMILES string of the molecule is CC[NH+](CC)CCC1CCCCC1.Fc1c(F)c(F)c([B-](c2c(F)c(F)c(F)c(F)c2F)(c2c(F)c(F)c(F)c(F)c2F)c2c(F)c(F)c(F)c(F)c2F)c(F)c1F. The molecule has 0 amide bonds. The first-order valence-electron chi connectivity index (χ1n) is 17.1. The fourth-order valence-electron chi connectivity index (χ4n) is 7.36. The standard InChI is InChI=1S/C24BF20.C12H25N/c26-5-1(6(27)14(35)21(42)13(5)34)25(2-7(28)15(36)22(43)16(37)8(2)29,3-9(30)17(38)23(44)18(39)10(3)31)4-11(32)19(40)24(45)20(41)12(4)33;1-3-13(4-2)11-10-12-8-6-5-7-9-12/h;12H,3-11H2,1-2H3/q-1;/p+1. The van der Waals surface area contributed by atoms with Crippen LogP contribution in [0.4, 0.5) is 87.8 Å². The van der Waals surface area contributed by atoms with Crippen LogP contribution in [0, 0.1) is 122 Å². The predicted molar refractivity (Wildman–Crippen MR) is 167 cm³/mol. The summed E-state index contributed by atoms with van der Waals surface area (Å²) in [5.41, 5.74) is -14.3. The second-order valence-electron chi connectivity index (χ2n) is 13.3. The zero-order chi connectivity index (χ0) is 43.9. The van der Waals surface area contributed by atoms with Gasteiger partial charge in [0.15, 0.2) is 69.8 Å². The van der Waals surface area contributed by atoms with E-state index in [2.05, 4.69) is 13.8 Å². The number of halogens is 20. The Morgan fingerprint density at radius 3 is 0.759 bits per heavy atom. The second-order valence-corrected chi connectivity index (χ2v) is 13.3. The number of benzene rings is 4. The van der Waals surface area contributed by atoms with Crippen molar-refractivity contribution in [2.24, 2.45) is 5.92 Å². The van der Waals surface area contributed by atoms with Gasteiger partial charge in [0.25, 0.3) is 0 Å². The van der Waals surface area contributed by atoms with Gasteiger partial charge in [0, 0.05) is 0 Å². The Morgan fingerprint density at radius 1 is 0.345 bits per heavy atom. The molecule has 0 saturated heterocycles. The minimum Gasteiger partial charge on any atom is -0.335 e. The fourth-order valence-corrected chi connectivity index (χ4v) is 7.36. The molecule has 1 aliphatic rings. The number of quaternary nitrogens is 1. The number of rotatable bonds is 9. The summed E-state index contributed by atoms with van der Waals surface area (Å²) in [6, 6.07) is 0. The molecule has 0 bridgehead atoms. The van der Waals surface area contributed by atoms with Crippen LogP contribution in [-0.2, 0) is 0 Å². The molecule has 4 aromatic carbocycles. The molecule has 1 nitrogen and oxygen atoms in total. The number of hydrogen-bond acceptors (Lipinski definition) is 0. The van der Waals surface area contributed by atoms with E-state index in [-0.39, 0.29) is 0 Å². The maximum atomic E-state index is 15.4. The molecule has 1 aliphatic carbocycles. The van der Waals surface area contributed by atoms with Gasteiger partial charge < -0.3 is 4.90 Å². The van der Waals surface area contributed by atoms with Crippen molar-refractivity contribution in [3.63, 3.8) is 0 Å². The third-order valence-corrected chi connectivity index (χ3v) is 10.3. The largest absolute Gasteiger partial charge is 0.335 e. The quantitative estimate of drug-likeness (QED) is 0.0762.